The van der Waals surface area contributed by atoms with Gasteiger partial charge in [-0.1, -0.05) is 12.1 Å². The molecule has 0 saturated carbocycles. The number of nitrogens with one attached hydrogen (secondary N) is 1. The number of esters is 1. The van der Waals surface area contributed by atoms with Gasteiger partial charge in [-0.3, -0.25) is 4.79 Å². The summed E-state index contributed by atoms with van der Waals surface area (Å²) in [6.45, 7) is 5.95. The van der Waals surface area contributed by atoms with E-state index >= 15 is 0 Å². The topological polar surface area (TPSA) is 58.6 Å². The van der Waals surface area contributed by atoms with E-state index in [0.29, 0.717) is 5.92 Å². The minimum absolute atomic E-state index is 0.174. The van der Waals surface area contributed by atoms with Crippen LogP contribution in [0, 0.1) is 5.92 Å². The minimum Gasteiger partial charge on any atom is -0.508 e. The first-order valence-electron chi connectivity index (χ1n) is 7.18. The molecule has 0 bridgehead atoms. The molecule has 0 amide bonds. The standard InChI is InChI=1S/C16H23NO3/c1-16(2,13-6-8-17-9-7-13)20-15(19)11-12-4-3-5-14(18)10-12/h3-5,10,13,17-18H,6-9,11H2,1-2H3. The Hall–Kier alpha value is -1.55. The number of phenols is 1. The van der Waals surface area contributed by atoms with E-state index in [-0.39, 0.29) is 18.1 Å². The van der Waals surface area contributed by atoms with Gasteiger partial charge in [-0.15, -0.1) is 0 Å². The van der Waals surface area contributed by atoms with Crippen LogP contribution in [0.3, 0.4) is 0 Å². The van der Waals surface area contributed by atoms with Gasteiger partial charge in [-0.25, -0.2) is 0 Å². The van der Waals surface area contributed by atoms with E-state index in [1.54, 1.807) is 18.2 Å². The number of phenolic OH excluding ortho intramolecular Hbond substituents is 1. The van der Waals surface area contributed by atoms with Gasteiger partial charge in [0.15, 0.2) is 0 Å². The van der Waals surface area contributed by atoms with E-state index in [0.717, 1.165) is 31.5 Å². The van der Waals surface area contributed by atoms with Crippen molar-refractivity contribution >= 4 is 5.97 Å². The third-order valence-corrected chi connectivity index (χ3v) is 3.96. The molecule has 1 aliphatic rings. The normalized spacial score (nSPS) is 16.9. The van der Waals surface area contributed by atoms with E-state index in [2.05, 4.69) is 5.32 Å². The van der Waals surface area contributed by atoms with E-state index in [1.807, 2.05) is 19.9 Å². The molecule has 4 nitrogen and oxygen atoms in total. The average molecular weight is 277 g/mol. The van der Waals surface area contributed by atoms with Crippen molar-refractivity contribution in [3.05, 3.63) is 29.8 Å². The quantitative estimate of drug-likeness (QED) is 0.829. The smallest absolute Gasteiger partial charge is 0.310 e. The zero-order valence-electron chi connectivity index (χ0n) is 12.2. The van der Waals surface area contributed by atoms with Crippen molar-refractivity contribution in [1.29, 1.82) is 0 Å². The fourth-order valence-electron chi connectivity index (χ4n) is 2.76. The Bertz CT molecular complexity index is 465. The third-order valence-electron chi connectivity index (χ3n) is 3.96. The fraction of sp³-hybridized carbons (Fsp3) is 0.562. The van der Waals surface area contributed by atoms with Gasteiger partial charge in [-0.2, -0.15) is 0 Å². The molecule has 1 aliphatic heterocycles. The molecule has 2 N–H and O–H groups in total. The lowest BCUT2D eigenvalue weighted by Gasteiger charge is -2.36. The highest BCUT2D eigenvalue weighted by Crippen LogP contribution is 2.29. The van der Waals surface area contributed by atoms with Crippen molar-refractivity contribution in [2.45, 2.75) is 38.7 Å². The molecule has 1 aromatic carbocycles. The number of aromatic hydroxyl groups is 1. The highest BCUT2D eigenvalue weighted by Gasteiger charge is 2.33. The Morgan fingerprint density at radius 3 is 2.75 bits per heavy atom. The number of carbonyl (C=O) groups is 1. The summed E-state index contributed by atoms with van der Waals surface area (Å²) < 4.78 is 5.67. The number of benzene rings is 1. The molecule has 0 aliphatic carbocycles. The third kappa shape index (κ3) is 3.97. The summed E-state index contributed by atoms with van der Waals surface area (Å²) in [6, 6.07) is 6.74. The SMILES string of the molecule is CC(C)(OC(=O)Cc1cccc(O)c1)C1CCNCC1. The first-order valence-corrected chi connectivity index (χ1v) is 7.18. The van der Waals surface area contributed by atoms with Crippen molar-refractivity contribution in [2.75, 3.05) is 13.1 Å². The van der Waals surface area contributed by atoms with Gasteiger partial charge >= 0.3 is 5.97 Å². The predicted molar refractivity (Wildman–Crippen MR) is 77.6 cm³/mol. The highest BCUT2D eigenvalue weighted by atomic mass is 16.6. The van der Waals surface area contributed by atoms with Gasteiger partial charge < -0.3 is 15.2 Å². The summed E-state index contributed by atoms with van der Waals surface area (Å²) in [5, 5.41) is 12.7. The van der Waals surface area contributed by atoms with Gasteiger partial charge in [0.05, 0.1) is 6.42 Å². The number of hydrogen-bond acceptors (Lipinski definition) is 4. The second kappa shape index (κ2) is 6.27. The van der Waals surface area contributed by atoms with Crippen LogP contribution in [0.5, 0.6) is 5.75 Å². The monoisotopic (exact) mass is 277 g/mol. The highest BCUT2D eigenvalue weighted by molar-refractivity contribution is 5.73. The molecule has 0 unspecified atom stereocenters. The molecule has 0 spiro atoms. The van der Waals surface area contributed by atoms with E-state index in [1.165, 1.54) is 0 Å². The van der Waals surface area contributed by atoms with Crippen LogP contribution in [0.25, 0.3) is 0 Å². The number of ether oxygens (including phenoxy) is 1. The van der Waals surface area contributed by atoms with Gasteiger partial charge in [-0.05, 0) is 57.5 Å². The van der Waals surface area contributed by atoms with Crippen LogP contribution in [0.1, 0.15) is 32.3 Å². The van der Waals surface area contributed by atoms with Crippen LogP contribution in [-0.2, 0) is 16.0 Å². The number of piperidine rings is 1. The Labute approximate surface area is 120 Å². The fourth-order valence-corrected chi connectivity index (χ4v) is 2.76. The summed E-state index contributed by atoms with van der Waals surface area (Å²) in [7, 11) is 0. The summed E-state index contributed by atoms with van der Waals surface area (Å²) in [4.78, 5) is 12.1. The van der Waals surface area contributed by atoms with Crippen LogP contribution in [0.2, 0.25) is 0 Å². The van der Waals surface area contributed by atoms with Gasteiger partial charge in [0.1, 0.15) is 11.4 Å². The maximum absolute atomic E-state index is 12.1. The number of rotatable bonds is 4. The molecule has 0 aromatic heterocycles. The Morgan fingerprint density at radius 2 is 2.10 bits per heavy atom. The molecular weight excluding hydrogens is 254 g/mol. The Balaban J connectivity index is 1.92. The summed E-state index contributed by atoms with van der Waals surface area (Å²) in [5.74, 6) is 0.337. The molecule has 0 atom stereocenters. The minimum atomic E-state index is -0.435. The first-order chi connectivity index (χ1) is 9.47. The summed E-state index contributed by atoms with van der Waals surface area (Å²) in [5.41, 5.74) is 0.340. The molecular formula is C16H23NO3. The maximum atomic E-state index is 12.1. The number of hydrogen-bond donors (Lipinski definition) is 2. The largest absolute Gasteiger partial charge is 0.508 e. The molecule has 4 heteroatoms. The van der Waals surface area contributed by atoms with E-state index in [4.69, 9.17) is 4.74 Å². The van der Waals surface area contributed by atoms with Crippen LogP contribution < -0.4 is 5.32 Å². The lowest BCUT2D eigenvalue weighted by atomic mass is 9.83. The predicted octanol–water partition coefficient (Wildman–Crippen LogP) is 2.26. The van der Waals surface area contributed by atoms with Crippen LogP contribution in [0.4, 0.5) is 0 Å². The summed E-state index contributed by atoms with van der Waals surface area (Å²) >= 11 is 0. The lowest BCUT2D eigenvalue weighted by Crippen LogP contribution is -2.43. The number of carbonyl (C=O) groups excluding carboxylic acids is 1. The van der Waals surface area contributed by atoms with Crippen molar-refractivity contribution in [2.24, 2.45) is 5.92 Å². The van der Waals surface area contributed by atoms with E-state index < -0.39 is 5.60 Å². The molecule has 20 heavy (non-hydrogen) atoms. The van der Waals surface area contributed by atoms with Crippen LogP contribution >= 0.6 is 0 Å². The molecule has 2 rings (SSSR count). The molecule has 1 saturated heterocycles. The first kappa shape index (κ1) is 14.9. The van der Waals surface area contributed by atoms with Crippen LogP contribution in [0.15, 0.2) is 24.3 Å². The zero-order valence-corrected chi connectivity index (χ0v) is 12.2. The van der Waals surface area contributed by atoms with Crippen LogP contribution in [-0.4, -0.2) is 29.8 Å². The molecule has 0 radical (unpaired) electrons. The molecule has 1 heterocycles. The van der Waals surface area contributed by atoms with Crippen molar-refractivity contribution < 1.29 is 14.6 Å². The van der Waals surface area contributed by atoms with E-state index in [9.17, 15) is 9.90 Å². The Kier molecular flexibility index (Phi) is 4.65. The molecule has 1 fully saturated rings. The second-order valence-corrected chi connectivity index (χ2v) is 5.95. The molecule has 110 valence electrons. The van der Waals surface area contributed by atoms with Crippen molar-refractivity contribution in [3.8, 4) is 5.75 Å². The Morgan fingerprint density at radius 1 is 1.40 bits per heavy atom. The van der Waals surface area contributed by atoms with Crippen molar-refractivity contribution in [1.82, 2.24) is 5.32 Å². The lowest BCUT2D eigenvalue weighted by molar-refractivity contribution is -0.161. The van der Waals surface area contributed by atoms with Gasteiger partial charge in [0.2, 0.25) is 0 Å². The second-order valence-electron chi connectivity index (χ2n) is 5.95. The van der Waals surface area contributed by atoms with Gasteiger partial charge in [0.25, 0.3) is 0 Å². The summed E-state index contributed by atoms with van der Waals surface area (Å²) in [6.07, 6.45) is 2.27. The maximum Gasteiger partial charge on any atom is 0.310 e. The van der Waals surface area contributed by atoms with Crippen molar-refractivity contribution in [3.63, 3.8) is 0 Å². The van der Waals surface area contributed by atoms with Gasteiger partial charge in [0, 0.05) is 5.92 Å². The average Bonchev–Trinajstić information content (AvgIpc) is 2.39. The zero-order chi connectivity index (χ0) is 14.6. The molecule has 1 aromatic rings.